The summed E-state index contributed by atoms with van der Waals surface area (Å²) in [4.78, 5) is 21.5. The molecule has 0 aliphatic carbocycles. The standard InChI is InChI=1S/C25H31F2N5O5S/c26-18-15-19-22(21(27)16-18)28-17-20(23(19)29-7-3-25(4-8-29)36-13-14-37-25)24(33)30-9-11-32(12-10-30)38(34,35)31-5-1-2-6-31/h15-17H,1-14H2. The first-order valence-corrected chi connectivity index (χ1v) is 14.5. The summed E-state index contributed by atoms with van der Waals surface area (Å²) < 4.78 is 69.5. The molecule has 1 aromatic carbocycles. The molecule has 10 nitrogen and oxygen atoms in total. The molecular formula is C25H31F2N5O5S. The van der Waals surface area contributed by atoms with Crippen LogP contribution in [0.15, 0.2) is 18.3 Å². The van der Waals surface area contributed by atoms with Gasteiger partial charge in [0.2, 0.25) is 0 Å². The van der Waals surface area contributed by atoms with Crippen LogP contribution in [0.5, 0.6) is 0 Å². The Morgan fingerprint density at radius 1 is 0.895 bits per heavy atom. The maximum absolute atomic E-state index is 14.7. The van der Waals surface area contributed by atoms with E-state index in [2.05, 4.69) is 4.98 Å². The van der Waals surface area contributed by atoms with Crippen LogP contribution in [0.2, 0.25) is 0 Å². The Morgan fingerprint density at radius 3 is 2.18 bits per heavy atom. The van der Waals surface area contributed by atoms with E-state index in [-0.39, 0.29) is 48.6 Å². The van der Waals surface area contributed by atoms with E-state index in [1.807, 2.05) is 4.90 Å². The van der Waals surface area contributed by atoms with Crippen LogP contribution in [0.1, 0.15) is 36.0 Å². The zero-order valence-corrected chi connectivity index (χ0v) is 21.9. The van der Waals surface area contributed by atoms with Crippen molar-refractivity contribution in [2.45, 2.75) is 31.5 Å². The van der Waals surface area contributed by atoms with Crippen molar-refractivity contribution >= 4 is 32.7 Å². The first-order chi connectivity index (χ1) is 18.3. The van der Waals surface area contributed by atoms with Crippen LogP contribution < -0.4 is 4.90 Å². The van der Waals surface area contributed by atoms with Gasteiger partial charge in [-0.3, -0.25) is 9.78 Å². The number of pyridine rings is 1. The Labute approximate surface area is 220 Å². The Hall–Kier alpha value is -2.45. The Kier molecular flexibility index (Phi) is 6.75. The molecule has 4 aliphatic heterocycles. The summed E-state index contributed by atoms with van der Waals surface area (Å²) in [5, 5.41) is 0.229. The lowest BCUT2D eigenvalue weighted by atomic mass is 9.99. The topological polar surface area (TPSA) is 95.5 Å². The van der Waals surface area contributed by atoms with Crippen LogP contribution in [-0.4, -0.2) is 104 Å². The molecule has 4 fully saturated rings. The molecule has 0 unspecified atom stereocenters. The maximum Gasteiger partial charge on any atom is 0.282 e. The number of carbonyl (C=O) groups excluding carboxylic acids is 1. The lowest BCUT2D eigenvalue weighted by molar-refractivity contribution is -0.169. The second kappa shape index (κ2) is 9.94. The first-order valence-electron chi connectivity index (χ1n) is 13.1. The van der Waals surface area contributed by atoms with Gasteiger partial charge in [0.1, 0.15) is 11.3 Å². The number of fused-ring (bicyclic) bond motifs is 1. The van der Waals surface area contributed by atoms with Gasteiger partial charge in [-0.05, 0) is 18.9 Å². The SMILES string of the molecule is O=C(c1cnc2c(F)cc(F)cc2c1N1CCC2(CC1)OCCO2)N1CCN(S(=O)(=O)N2CCCC2)CC1. The van der Waals surface area contributed by atoms with Crippen molar-refractivity contribution in [3.05, 3.63) is 35.5 Å². The number of ether oxygens (including phenoxy) is 2. The number of hydrogen-bond acceptors (Lipinski definition) is 7. The van der Waals surface area contributed by atoms with Crippen LogP contribution in [-0.2, 0) is 19.7 Å². The van der Waals surface area contributed by atoms with Crippen LogP contribution in [0.4, 0.5) is 14.5 Å². The number of carbonyl (C=O) groups is 1. The molecule has 0 atom stereocenters. The van der Waals surface area contributed by atoms with Crippen molar-refractivity contribution in [3.8, 4) is 0 Å². The predicted molar refractivity (Wildman–Crippen MR) is 135 cm³/mol. The molecule has 4 saturated heterocycles. The minimum atomic E-state index is -3.55. The highest BCUT2D eigenvalue weighted by Crippen LogP contribution is 2.38. The van der Waals surface area contributed by atoms with Gasteiger partial charge in [-0.25, -0.2) is 8.78 Å². The molecule has 0 saturated carbocycles. The summed E-state index contributed by atoms with van der Waals surface area (Å²) in [6, 6.07) is 2.00. The predicted octanol–water partition coefficient (Wildman–Crippen LogP) is 1.95. The molecule has 4 aliphatic rings. The monoisotopic (exact) mass is 551 g/mol. The number of aromatic nitrogens is 1. The zero-order valence-electron chi connectivity index (χ0n) is 21.1. The number of nitrogens with zero attached hydrogens (tertiary/aromatic N) is 5. The van der Waals surface area contributed by atoms with Crippen molar-refractivity contribution in [1.82, 2.24) is 18.5 Å². The van der Waals surface area contributed by atoms with Gasteiger partial charge in [-0.1, -0.05) is 0 Å². The summed E-state index contributed by atoms with van der Waals surface area (Å²) in [5.74, 6) is -2.54. The zero-order chi connectivity index (χ0) is 26.5. The van der Waals surface area contributed by atoms with E-state index in [4.69, 9.17) is 9.47 Å². The number of piperazine rings is 1. The van der Waals surface area contributed by atoms with Gasteiger partial charge in [0.05, 0.1) is 24.5 Å². The lowest BCUT2D eigenvalue weighted by Gasteiger charge is -2.40. The highest BCUT2D eigenvalue weighted by molar-refractivity contribution is 7.86. The first kappa shape index (κ1) is 25.8. The number of benzene rings is 1. The van der Waals surface area contributed by atoms with Crippen LogP contribution in [0, 0.1) is 11.6 Å². The fourth-order valence-electron chi connectivity index (χ4n) is 5.94. The van der Waals surface area contributed by atoms with E-state index in [0.717, 1.165) is 18.9 Å². The quantitative estimate of drug-likeness (QED) is 0.573. The number of amides is 1. The third-order valence-electron chi connectivity index (χ3n) is 7.99. The molecule has 0 radical (unpaired) electrons. The minimum Gasteiger partial charge on any atom is -0.370 e. The largest absolute Gasteiger partial charge is 0.370 e. The van der Waals surface area contributed by atoms with E-state index < -0.39 is 27.6 Å². The average Bonchev–Trinajstić information content (AvgIpc) is 3.62. The van der Waals surface area contributed by atoms with E-state index in [1.165, 1.54) is 20.9 Å². The number of piperidine rings is 1. The van der Waals surface area contributed by atoms with E-state index in [1.54, 1.807) is 4.90 Å². The third-order valence-corrected chi connectivity index (χ3v) is 10.0. The Bertz CT molecular complexity index is 1330. The molecule has 1 aromatic heterocycles. The van der Waals surface area contributed by atoms with Gasteiger partial charge in [0.25, 0.3) is 16.1 Å². The molecular weight excluding hydrogens is 520 g/mol. The molecule has 206 valence electrons. The van der Waals surface area contributed by atoms with Crippen molar-refractivity contribution in [2.24, 2.45) is 0 Å². The van der Waals surface area contributed by atoms with Crippen LogP contribution in [0.3, 0.4) is 0 Å². The summed E-state index contributed by atoms with van der Waals surface area (Å²) in [5.41, 5.74) is 0.661. The fourth-order valence-corrected chi connectivity index (χ4v) is 7.61. The number of halogens is 2. The fraction of sp³-hybridized carbons (Fsp3) is 0.600. The van der Waals surface area contributed by atoms with Crippen molar-refractivity contribution in [1.29, 1.82) is 0 Å². The number of rotatable bonds is 4. The van der Waals surface area contributed by atoms with Gasteiger partial charge in [0.15, 0.2) is 11.6 Å². The number of anilines is 1. The molecule has 2 aromatic rings. The van der Waals surface area contributed by atoms with Gasteiger partial charge >= 0.3 is 0 Å². The second-order valence-electron chi connectivity index (χ2n) is 10.2. The highest BCUT2D eigenvalue weighted by atomic mass is 32.2. The van der Waals surface area contributed by atoms with Gasteiger partial charge in [-0.2, -0.15) is 17.0 Å². The summed E-state index contributed by atoms with van der Waals surface area (Å²) >= 11 is 0. The van der Waals surface area contributed by atoms with Crippen LogP contribution >= 0.6 is 0 Å². The second-order valence-corrected chi connectivity index (χ2v) is 12.1. The maximum atomic E-state index is 14.7. The van der Waals surface area contributed by atoms with Gasteiger partial charge in [-0.15, -0.1) is 0 Å². The Balaban J connectivity index is 1.28. The molecule has 13 heteroatoms. The molecule has 1 spiro atoms. The molecule has 0 bridgehead atoms. The van der Waals surface area contributed by atoms with Crippen molar-refractivity contribution < 1.29 is 31.5 Å². The molecule has 0 N–H and O–H groups in total. The van der Waals surface area contributed by atoms with E-state index >= 15 is 0 Å². The van der Waals surface area contributed by atoms with Crippen LogP contribution in [0.25, 0.3) is 10.9 Å². The number of hydrogen-bond donors (Lipinski definition) is 0. The molecule has 5 heterocycles. The normalized spacial score (nSPS) is 23.1. The van der Waals surface area contributed by atoms with Crippen molar-refractivity contribution in [3.63, 3.8) is 0 Å². The molecule has 38 heavy (non-hydrogen) atoms. The average molecular weight is 552 g/mol. The van der Waals surface area contributed by atoms with Gasteiger partial charge < -0.3 is 19.3 Å². The minimum absolute atomic E-state index is 0.00636. The summed E-state index contributed by atoms with van der Waals surface area (Å²) in [6.45, 7) is 3.84. The lowest BCUT2D eigenvalue weighted by Crippen LogP contribution is -2.54. The molecule has 1 amide bonds. The highest BCUT2D eigenvalue weighted by Gasteiger charge is 2.41. The summed E-state index contributed by atoms with van der Waals surface area (Å²) in [6.07, 6.45) is 4.16. The summed E-state index contributed by atoms with van der Waals surface area (Å²) in [7, 11) is -3.55. The van der Waals surface area contributed by atoms with E-state index in [0.29, 0.717) is 57.9 Å². The van der Waals surface area contributed by atoms with E-state index in [9.17, 15) is 22.0 Å². The third kappa shape index (κ3) is 4.53. The van der Waals surface area contributed by atoms with Crippen molar-refractivity contribution in [2.75, 3.05) is 70.5 Å². The Morgan fingerprint density at radius 2 is 1.53 bits per heavy atom. The molecule has 6 rings (SSSR count). The smallest absolute Gasteiger partial charge is 0.282 e. The van der Waals surface area contributed by atoms with Gasteiger partial charge in [0, 0.05) is 82.8 Å².